The Labute approximate surface area is 145 Å². The van der Waals surface area contributed by atoms with Gasteiger partial charge in [0.2, 0.25) is 5.88 Å². The van der Waals surface area contributed by atoms with E-state index in [2.05, 4.69) is 38.0 Å². The average molecular weight is 391 g/mol. The van der Waals surface area contributed by atoms with Gasteiger partial charge in [-0.25, -0.2) is 4.79 Å². The Morgan fingerprint density at radius 3 is 2.75 bits per heavy atom. The van der Waals surface area contributed by atoms with Crippen molar-refractivity contribution in [1.82, 2.24) is 15.0 Å². The van der Waals surface area contributed by atoms with Gasteiger partial charge < -0.3 is 10.5 Å². The molecule has 1 atom stereocenters. The average Bonchev–Trinajstić information content (AvgIpc) is 3.01. The van der Waals surface area contributed by atoms with Crippen molar-refractivity contribution in [2.45, 2.75) is 19.0 Å². The molecule has 1 aromatic carbocycles. The normalized spacial score (nSPS) is 16.5. The summed E-state index contributed by atoms with van der Waals surface area (Å²) in [5, 5.41) is 14.5. The van der Waals surface area contributed by atoms with Crippen LogP contribution in [0.25, 0.3) is 0 Å². The molecule has 1 aliphatic rings. The minimum Gasteiger partial charge on any atom is -0.494 e. The molecule has 7 nitrogen and oxygen atoms in total. The van der Waals surface area contributed by atoms with Crippen LogP contribution >= 0.6 is 15.9 Å². The van der Waals surface area contributed by atoms with Crippen molar-refractivity contribution >= 4 is 21.6 Å². The Kier molecular flexibility index (Phi) is 4.39. The fraction of sp³-hybridized carbons (Fsp3) is 0.188. The molecule has 0 saturated carbocycles. The maximum Gasteiger partial charge on any atom is 0.331 e. The summed E-state index contributed by atoms with van der Waals surface area (Å²) in [6.45, 7) is 3.63. The van der Waals surface area contributed by atoms with Gasteiger partial charge in [0.1, 0.15) is 5.56 Å². The van der Waals surface area contributed by atoms with Crippen molar-refractivity contribution < 1.29 is 5.11 Å². The molecule has 0 saturated heterocycles. The molecule has 8 heteroatoms. The molecule has 0 fully saturated rings. The van der Waals surface area contributed by atoms with Crippen molar-refractivity contribution in [2.75, 3.05) is 0 Å². The quantitative estimate of drug-likeness (QED) is 0.690. The predicted molar refractivity (Wildman–Crippen MR) is 94.4 cm³/mol. The number of hydrogen-bond donors (Lipinski definition) is 3. The van der Waals surface area contributed by atoms with Gasteiger partial charge in [-0.1, -0.05) is 34.1 Å². The summed E-state index contributed by atoms with van der Waals surface area (Å²) in [6, 6.07) is 7.63. The zero-order valence-electron chi connectivity index (χ0n) is 12.6. The smallest absolute Gasteiger partial charge is 0.331 e. The topological polar surface area (TPSA) is 99.5 Å². The number of aromatic amines is 1. The number of benzene rings is 1. The third-order valence-corrected chi connectivity index (χ3v) is 4.33. The predicted octanol–water partition coefficient (Wildman–Crippen LogP) is 1.63. The lowest BCUT2D eigenvalue weighted by atomic mass is 10.0. The summed E-state index contributed by atoms with van der Waals surface area (Å²) < 4.78 is 2.01. The van der Waals surface area contributed by atoms with Crippen LogP contribution < -0.4 is 16.7 Å². The van der Waals surface area contributed by atoms with Gasteiger partial charge in [0.15, 0.2) is 0 Å². The molecule has 2 aromatic rings. The highest BCUT2D eigenvalue weighted by molar-refractivity contribution is 9.10. The Morgan fingerprint density at radius 2 is 2.08 bits per heavy atom. The Hall–Kier alpha value is -2.61. The zero-order valence-corrected chi connectivity index (χ0v) is 14.2. The van der Waals surface area contributed by atoms with Crippen LogP contribution in [0.1, 0.15) is 23.6 Å². The minimum atomic E-state index is -0.683. The van der Waals surface area contributed by atoms with Crippen molar-refractivity contribution in [3.63, 3.8) is 0 Å². The molecule has 0 spiro atoms. The highest BCUT2D eigenvalue weighted by Gasteiger charge is 2.27. The third kappa shape index (κ3) is 2.92. The summed E-state index contributed by atoms with van der Waals surface area (Å²) in [5.41, 5.74) is 3.03. The second kappa shape index (κ2) is 6.48. The first kappa shape index (κ1) is 16.3. The first-order valence-electron chi connectivity index (χ1n) is 7.26. The largest absolute Gasteiger partial charge is 0.494 e. The molecule has 0 aliphatic carbocycles. The SMILES string of the molecule is C=CCn1c(O)c(C2=NNC(c3ccc(Br)cc3)C2)c(=O)[nH]c1=O. The van der Waals surface area contributed by atoms with Crippen molar-refractivity contribution in [3.8, 4) is 5.88 Å². The second-order valence-corrected chi connectivity index (χ2v) is 6.27. The lowest BCUT2D eigenvalue weighted by Crippen LogP contribution is -2.33. The molecule has 3 rings (SSSR count). The molecule has 24 heavy (non-hydrogen) atoms. The lowest BCUT2D eigenvalue weighted by Gasteiger charge is -2.11. The fourth-order valence-electron chi connectivity index (χ4n) is 2.60. The minimum absolute atomic E-state index is 0.00330. The number of nitrogens with one attached hydrogen (secondary N) is 2. The molecule has 124 valence electrons. The van der Waals surface area contributed by atoms with Crippen LogP contribution in [0.5, 0.6) is 5.88 Å². The van der Waals surface area contributed by atoms with Crippen molar-refractivity contribution in [3.05, 3.63) is 73.4 Å². The van der Waals surface area contributed by atoms with Crippen LogP contribution in [0.3, 0.4) is 0 Å². The van der Waals surface area contributed by atoms with Gasteiger partial charge in [-0.2, -0.15) is 5.10 Å². The van der Waals surface area contributed by atoms with Crippen LogP contribution in [0.15, 0.2) is 56.1 Å². The molecule has 1 unspecified atom stereocenters. The lowest BCUT2D eigenvalue weighted by molar-refractivity contribution is 0.409. The van der Waals surface area contributed by atoms with Crippen LogP contribution in [-0.4, -0.2) is 20.4 Å². The van der Waals surface area contributed by atoms with E-state index in [1.165, 1.54) is 6.08 Å². The Morgan fingerprint density at radius 1 is 1.38 bits per heavy atom. The number of hydrogen-bond acceptors (Lipinski definition) is 5. The third-order valence-electron chi connectivity index (χ3n) is 3.80. The molecule has 1 aliphatic heterocycles. The maximum atomic E-state index is 12.1. The van der Waals surface area contributed by atoms with Gasteiger partial charge in [0.05, 0.1) is 11.8 Å². The summed E-state index contributed by atoms with van der Waals surface area (Å²) in [5.74, 6) is -0.402. The summed E-state index contributed by atoms with van der Waals surface area (Å²) in [6.07, 6.45) is 1.88. The van der Waals surface area contributed by atoms with Crippen molar-refractivity contribution in [1.29, 1.82) is 0 Å². The Bertz CT molecular complexity index is 928. The van der Waals surface area contributed by atoms with E-state index in [1.807, 2.05) is 24.3 Å². The number of H-pyrrole nitrogens is 1. The molecular weight excluding hydrogens is 376 g/mol. The molecule has 3 N–H and O–H groups in total. The van der Waals surface area contributed by atoms with Gasteiger partial charge in [-0.05, 0) is 17.7 Å². The van der Waals surface area contributed by atoms with Gasteiger partial charge in [0, 0.05) is 17.4 Å². The maximum absolute atomic E-state index is 12.1. The van der Waals surface area contributed by atoms with Crippen LogP contribution in [0.2, 0.25) is 0 Å². The fourth-order valence-corrected chi connectivity index (χ4v) is 2.87. The second-order valence-electron chi connectivity index (χ2n) is 5.35. The molecule has 0 amide bonds. The van der Waals surface area contributed by atoms with E-state index in [0.29, 0.717) is 12.1 Å². The molecule has 0 bridgehead atoms. The van der Waals surface area contributed by atoms with E-state index < -0.39 is 17.1 Å². The standard InChI is InChI=1S/C16H15BrN4O3/c1-2-7-21-15(23)13(14(22)18-16(21)24)12-8-11(19-20-12)9-3-5-10(17)6-4-9/h2-6,11,19,23H,1,7-8H2,(H,18,22,24). The molecule has 0 radical (unpaired) electrons. The van der Waals surface area contributed by atoms with E-state index in [1.54, 1.807) is 0 Å². The first-order chi connectivity index (χ1) is 11.5. The van der Waals surface area contributed by atoms with Gasteiger partial charge >= 0.3 is 5.69 Å². The number of rotatable bonds is 4. The molecule has 1 aromatic heterocycles. The van der Waals surface area contributed by atoms with Gasteiger partial charge in [-0.15, -0.1) is 6.58 Å². The van der Waals surface area contributed by atoms with E-state index in [0.717, 1.165) is 14.6 Å². The number of allylic oxidation sites excluding steroid dienone is 1. The van der Waals surface area contributed by atoms with E-state index >= 15 is 0 Å². The summed E-state index contributed by atoms with van der Waals surface area (Å²) in [4.78, 5) is 26.1. The molecular formula is C16H15BrN4O3. The first-order valence-corrected chi connectivity index (χ1v) is 8.05. The monoisotopic (exact) mass is 390 g/mol. The molecule has 2 heterocycles. The Balaban J connectivity index is 1.95. The van der Waals surface area contributed by atoms with Gasteiger partial charge in [0.25, 0.3) is 5.56 Å². The number of aromatic hydroxyl groups is 1. The van der Waals surface area contributed by atoms with Crippen LogP contribution in [0, 0.1) is 0 Å². The summed E-state index contributed by atoms with van der Waals surface area (Å²) >= 11 is 3.38. The number of hydrazone groups is 1. The van der Waals surface area contributed by atoms with E-state index in [9.17, 15) is 14.7 Å². The van der Waals surface area contributed by atoms with Gasteiger partial charge in [-0.3, -0.25) is 14.3 Å². The van der Waals surface area contributed by atoms with E-state index in [4.69, 9.17) is 0 Å². The van der Waals surface area contributed by atoms with Crippen LogP contribution in [0.4, 0.5) is 0 Å². The summed E-state index contributed by atoms with van der Waals surface area (Å²) in [7, 11) is 0. The highest BCUT2D eigenvalue weighted by Crippen LogP contribution is 2.26. The van der Waals surface area contributed by atoms with Crippen LogP contribution in [-0.2, 0) is 6.54 Å². The highest BCUT2D eigenvalue weighted by atomic mass is 79.9. The number of halogens is 1. The zero-order chi connectivity index (χ0) is 17.3. The van der Waals surface area contributed by atoms with Crippen molar-refractivity contribution in [2.24, 2.45) is 5.10 Å². The number of aromatic nitrogens is 2. The number of nitrogens with zero attached hydrogens (tertiary/aromatic N) is 2. The van der Waals surface area contributed by atoms with E-state index in [-0.39, 0.29) is 18.2 Å².